The zero-order valence-corrected chi connectivity index (χ0v) is 10.8. The Morgan fingerprint density at radius 1 is 1.53 bits per heavy atom. The van der Waals surface area contributed by atoms with Gasteiger partial charge in [0.05, 0.1) is 6.61 Å². The van der Waals surface area contributed by atoms with E-state index in [-0.39, 0.29) is 6.61 Å². The Labute approximate surface area is 103 Å². The number of carboxylic acid groups (broad SMARTS) is 1. The highest BCUT2D eigenvalue weighted by Gasteiger charge is 2.24. The number of hydrogen-bond acceptors (Lipinski definition) is 4. The van der Waals surface area contributed by atoms with Gasteiger partial charge in [-0.05, 0) is 38.9 Å². The van der Waals surface area contributed by atoms with E-state index in [1.165, 1.54) is 13.5 Å². The number of piperidine rings is 1. The Hall–Kier alpha value is -0.650. The smallest absolute Gasteiger partial charge is 0.323 e. The van der Waals surface area contributed by atoms with Gasteiger partial charge in [0.2, 0.25) is 0 Å². The quantitative estimate of drug-likeness (QED) is 0.685. The van der Waals surface area contributed by atoms with Crippen LogP contribution in [0.4, 0.5) is 0 Å². The maximum absolute atomic E-state index is 11.0. The summed E-state index contributed by atoms with van der Waals surface area (Å²) in [7, 11) is 1.53. The predicted molar refractivity (Wildman–Crippen MR) is 66.2 cm³/mol. The maximum atomic E-state index is 11.0. The fraction of sp³-hybridized carbons (Fsp3) is 0.917. The van der Waals surface area contributed by atoms with Crippen LogP contribution in [0.15, 0.2) is 0 Å². The number of nitrogens with zero attached hydrogens (tertiary/aromatic N) is 1. The molecule has 0 radical (unpaired) electrons. The second-order valence-corrected chi connectivity index (χ2v) is 4.63. The molecular formula is C12H24N2O3. The molecule has 0 bridgehead atoms. The molecule has 1 atom stereocenters. The summed E-state index contributed by atoms with van der Waals surface area (Å²) in [6, 6.07) is -0.276. The van der Waals surface area contributed by atoms with Crippen LogP contribution < -0.4 is 5.32 Å². The normalized spacial score (nSPS) is 20.4. The minimum absolute atomic E-state index is 0.227. The van der Waals surface area contributed by atoms with E-state index in [0.717, 1.165) is 32.5 Å². The van der Waals surface area contributed by atoms with Gasteiger partial charge in [0.25, 0.3) is 0 Å². The average molecular weight is 244 g/mol. The first-order valence-electron chi connectivity index (χ1n) is 6.37. The van der Waals surface area contributed by atoms with Crippen molar-refractivity contribution in [2.24, 2.45) is 0 Å². The van der Waals surface area contributed by atoms with Crippen LogP contribution in [0.1, 0.15) is 26.2 Å². The predicted octanol–water partition coefficient (Wildman–Crippen LogP) is 0.550. The molecule has 2 N–H and O–H groups in total. The second kappa shape index (κ2) is 7.63. The van der Waals surface area contributed by atoms with Crippen molar-refractivity contribution in [2.45, 2.75) is 38.3 Å². The number of rotatable bonds is 7. The zero-order chi connectivity index (χ0) is 12.7. The average Bonchev–Trinajstić information content (AvgIpc) is 2.31. The van der Waals surface area contributed by atoms with Crippen molar-refractivity contribution in [3.8, 4) is 0 Å². The molecule has 0 spiro atoms. The number of likely N-dealkylation sites (tertiary alicyclic amines) is 1. The fourth-order valence-electron chi connectivity index (χ4n) is 2.28. The molecule has 1 unspecified atom stereocenters. The highest BCUT2D eigenvalue weighted by molar-refractivity contribution is 5.73. The Kier molecular flexibility index (Phi) is 6.47. The second-order valence-electron chi connectivity index (χ2n) is 4.63. The standard InChI is InChI=1S/C12H24N2O3/c1-3-6-14-7-4-10(5-8-14)13-11(9-17-2)12(15)16/h10-11,13H,3-9H2,1-2H3,(H,15,16). The molecule has 1 aliphatic heterocycles. The molecule has 0 saturated carbocycles. The summed E-state index contributed by atoms with van der Waals surface area (Å²) in [6.45, 7) is 5.68. The van der Waals surface area contributed by atoms with Gasteiger partial charge in [0.15, 0.2) is 0 Å². The highest BCUT2D eigenvalue weighted by atomic mass is 16.5. The van der Waals surface area contributed by atoms with Crippen molar-refractivity contribution in [2.75, 3.05) is 33.4 Å². The minimum Gasteiger partial charge on any atom is -0.480 e. The summed E-state index contributed by atoms with van der Waals surface area (Å²) in [5, 5.41) is 12.2. The van der Waals surface area contributed by atoms with Crippen LogP contribution in [-0.4, -0.2) is 61.4 Å². The number of aliphatic carboxylic acids is 1. The number of hydrogen-bond donors (Lipinski definition) is 2. The summed E-state index contributed by atoms with van der Waals surface area (Å²) in [4.78, 5) is 13.4. The fourth-order valence-corrected chi connectivity index (χ4v) is 2.28. The van der Waals surface area contributed by atoms with Crippen LogP contribution in [0.2, 0.25) is 0 Å². The third-order valence-corrected chi connectivity index (χ3v) is 3.20. The van der Waals surface area contributed by atoms with E-state index >= 15 is 0 Å². The number of nitrogens with one attached hydrogen (secondary N) is 1. The first-order valence-corrected chi connectivity index (χ1v) is 6.37. The topological polar surface area (TPSA) is 61.8 Å². The summed E-state index contributed by atoms with van der Waals surface area (Å²) >= 11 is 0. The molecule has 1 rings (SSSR count). The summed E-state index contributed by atoms with van der Waals surface area (Å²) < 4.78 is 4.91. The van der Waals surface area contributed by atoms with Gasteiger partial charge < -0.3 is 14.7 Å². The Morgan fingerprint density at radius 2 is 2.18 bits per heavy atom. The maximum Gasteiger partial charge on any atom is 0.323 e. The van der Waals surface area contributed by atoms with E-state index in [4.69, 9.17) is 9.84 Å². The molecule has 1 aliphatic rings. The van der Waals surface area contributed by atoms with Crippen LogP contribution in [0, 0.1) is 0 Å². The van der Waals surface area contributed by atoms with Crippen LogP contribution in [0.5, 0.6) is 0 Å². The van der Waals surface area contributed by atoms with Gasteiger partial charge in [-0.1, -0.05) is 6.92 Å². The molecule has 0 aromatic rings. The SMILES string of the molecule is CCCN1CCC(NC(COC)C(=O)O)CC1. The number of methoxy groups -OCH3 is 1. The largest absolute Gasteiger partial charge is 0.480 e. The van der Waals surface area contributed by atoms with Crippen molar-refractivity contribution >= 4 is 5.97 Å². The van der Waals surface area contributed by atoms with E-state index in [2.05, 4.69) is 17.1 Å². The van der Waals surface area contributed by atoms with Gasteiger partial charge >= 0.3 is 5.97 Å². The monoisotopic (exact) mass is 244 g/mol. The van der Waals surface area contributed by atoms with Gasteiger partial charge in [-0.15, -0.1) is 0 Å². The van der Waals surface area contributed by atoms with Crippen molar-refractivity contribution in [1.29, 1.82) is 0 Å². The lowest BCUT2D eigenvalue weighted by atomic mass is 10.0. The Balaban J connectivity index is 2.30. The van der Waals surface area contributed by atoms with Crippen molar-refractivity contribution in [3.63, 3.8) is 0 Å². The van der Waals surface area contributed by atoms with Gasteiger partial charge in [-0.25, -0.2) is 0 Å². The number of carboxylic acids is 1. The van der Waals surface area contributed by atoms with E-state index in [1.807, 2.05) is 0 Å². The van der Waals surface area contributed by atoms with Crippen LogP contribution in [0.25, 0.3) is 0 Å². The highest BCUT2D eigenvalue weighted by Crippen LogP contribution is 2.11. The summed E-state index contributed by atoms with van der Waals surface area (Å²) in [5.74, 6) is -0.831. The lowest BCUT2D eigenvalue weighted by molar-refractivity contribution is -0.141. The molecule has 100 valence electrons. The third kappa shape index (κ3) is 5.02. The third-order valence-electron chi connectivity index (χ3n) is 3.20. The van der Waals surface area contributed by atoms with E-state index < -0.39 is 12.0 Å². The Bertz CT molecular complexity index is 228. The molecule has 1 saturated heterocycles. The van der Waals surface area contributed by atoms with Crippen molar-refractivity contribution in [1.82, 2.24) is 10.2 Å². The molecule has 17 heavy (non-hydrogen) atoms. The van der Waals surface area contributed by atoms with E-state index in [9.17, 15) is 4.79 Å². The molecule has 0 aromatic carbocycles. The molecule has 0 aliphatic carbocycles. The molecule has 5 nitrogen and oxygen atoms in total. The molecule has 5 heteroatoms. The molecule has 0 amide bonds. The van der Waals surface area contributed by atoms with E-state index in [1.54, 1.807) is 0 Å². The molecular weight excluding hydrogens is 220 g/mol. The lowest BCUT2D eigenvalue weighted by Gasteiger charge is -2.33. The zero-order valence-electron chi connectivity index (χ0n) is 10.8. The van der Waals surface area contributed by atoms with Crippen molar-refractivity contribution in [3.05, 3.63) is 0 Å². The summed E-state index contributed by atoms with van der Waals surface area (Å²) in [5.41, 5.74) is 0. The van der Waals surface area contributed by atoms with Crippen LogP contribution in [0.3, 0.4) is 0 Å². The van der Waals surface area contributed by atoms with Gasteiger partial charge in [-0.3, -0.25) is 10.1 Å². The first-order chi connectivity index (χ1) is 8.17. The summed E-state index contributed by atoms with van der Waals surface area (Å²) in [6.07, 6.45) is 3.22. The first kappa shape index (κ1) is 14.4. The van der Waals surface area contributed by atoms with Crippen molar-refractivity contribution < 1.29 is 14.6 Å². The minimum atomic E-state index is -0.831. The lowest BCUT2D eigenvalue weighted by Crippen LogP contribution is -2.50. The van der Waals surface area contributed by atoms with Crippen LogP contribution in [-0.2, 0) is 9.53 Å². The van der Waals surface area contributed by atoms with Gasteiger partial charge in [-0.2, -0.15) is 0 Å². The number of ether oxygens (including phenoxy) is 1. The van der Waals surface area contributed by atoms with Crippen LogP contribution >= 0.6 is 0 Å². The number of carbonyl (C=O) groups is 1. The van der Waals surface area contributed by atoms with E-state index in [0.29, 0.717) is 6.04 Å². The van der Waals surface area contributed by atoms with Gasteiger partial charge in [0, 0.05) is 13.2 Å². The molecule has 1 heterocycles. The Morgan fingerprint density at radius 3 is 2.65 bits per heavy atom. The van der Waals surface area contributed by atoms with Gasteiger partial charge in [0.1, 0.15) is 6.04 Å². The molecule has 1 fully saturated rings. The molecule has 0 aromatic heterocycles.